The molecule has 0 saturated heterocycles. The number of carbonyl (C=O) groups excluding carboxylic acids is 1. The second kappa shape index (κ2) is 8.72. The van der Waals surface area contributed by atoms with E-state index >= 15 is 0 Å². The van der Waals surface area contributed by atoms with Crippen LogP contribution in [0.5, 0.6) is 0 Å². The first kappa shape index (κ1) is 21.0. The van der Waals surface area contributed by atoms with Crippen molar-refractivity contribution < 1.29 is 13.2 Å². The van der Waals surface area contributed by atoms with Gasteiger partial charge in [0.2, 0.25) is 0 Å². The molecular formula is C20H22Cl2N2O3S. The summed E-state index contributed by atoms with van der Waals surface area (Å²) in [6, 6.07) is 10.7. The van der Waals surface area contributed by atoms with Crippen LogP contribution in [0.4, 0.5) is 5.69 Å². The Kier molecular flexibility index (Phi) is 6.53. The molecule has 150 valence electrons. The van der Waals surface area contributed by atoms with Gasteiger partial charge in [0.25, 0.3) is 15.9 Å². The summed E-state index contributed by atoms with van der Waals surface area (Å²) in [5.74, 6) is -0.230. The highest BCUT2D eigenvalue weighted by atomic mass is 35.5. The Morgan fingerprint density at radius 2 is 1.68 bits per heavy atom. The first-order chi connectivity index (χ1) is 13.3. The molecule has 0 bridgehead atoms. The normalized spacial score (nSPS) is 15.2. The fraction of sp³-hybridized carbons (Fsp3) is 0.350. The van der Waals surface area contributed by atoms with Crippen LogP contribution in [0.15, 0.2) is 47.4 Å². The van der Waals surface area contributed by atoms with E-state index in [0.29, 0.717) is 16.3 Å². The standard InChI is InChI=1S/C20H22Cl2N2O3S/c1-24(28(26,27)17-10-7-14(21)8-11-17)16-9-12-18(19(22)13-16)20(25)23-15-5-3-2-4-6-15/h7-13,15H,2-6H2,1H3,(H,23,25). The number of nitrogens with zero attached hydrogens (tertiary/aromatic N) is 1. The van der Waals surface area contributed by atoms with Crippen molar-refractivity contribution in [2.75, 3.05) is 11.4 Å². The molecule has 1 fully saturated rings. The molecular weight excluding hydrogens is 419 g/mol. The molecule has 2 aromatic rings. The highest BCUT2D eigenvalue weighted by Crippen LogP contribution is 2.28. The zero-order valence-corrected chi connectivity index (χ0v) is 17.8. The van der Waals surface area contributed by atoms with E-state index in [0.717, 1.165) is 30.0 Å². The molecule has 1 saturated carbocycles. The molecule has 0 atom stereocenters. The summed E-state index contributed by atoms with van der Waals surface area (Å²) in [5.41, 5.74) is 0.711. The number of nitrogens with one attached hydrogen (secondary N) is 1. The summed E-state index contributed by atoms with van der Waals surface area (Å²) in [5, 5.41) is 3.69. The first-order valence-corrected chi connectivity index (χ1v) is 11.3. The van der Waals surface area contributed by atoms with Crippen LogP contribution in [0.1, 0.15) is 42.5 Å². The van der Waals surface area contributed by atoms with Gasteiger partial charge in [-0.25, -0.2) is 8.42 Å². The Morgan fingerprint density at radius 3 is 2.29 bits per heavy atom. The number of halogens is 2. The van der Waals surface area contributed by atoms with Gasteiger partial charge in [0.1, 0.15) is 0 Å². The summed E-state index contributed by atoms with van der Waals surface area (Å²) in [6.07, 6.45) is 5.39. The number of anilines is 1. The number of hydrogen-bond acceptors (Lipinski definition) is 3. The Hall–Kier alpha value is -1.76. The lowest BCUT2D eigenvalue weighted by Gasteiger charge is -2.23. The maximum atomic E-state index is 12.8. The zero-order chi connectivity index (χ0) is 20.3. The SMILES string of the molecule is CN(c1ccc(C(=O)NC2CCCCC2)c(Cl)c1)S(=O)(=O)c1ccc(Cl)cc1. The van der Waals surface area contributed by atoms with E-state index < -0.39 is 10.0 Å². The Labute approximate surface area is 175 Å². The van der Waals surface area contributed by atoms with Crippen molar-refractivity contribution in [1.82, 2.24) is 5.32 Å². The Morgan fingerprint density at radius 1 is 1.04 bits per heavy atom. The van der Waals surface area contributed by atoms with Crippen molar-refractivity contribution in [2.24, 2.45) is 0 Å². The second-order valence-electron chi connectivity index (χ2n) is 6.90. The third-order valence-corrected chi connectivity index (χ3v) is 7.34. The largest absolute Gasteiger partial charge is 0.349 e. The van der Waals surface area contributed by atoms with Gasteiger partial charge < -0.3 is 5.32 Å². The highest BCUT2D eigenvalue weighted by molar-refractivity contribution is 7.92. The van der Waals surface area contributed by atoms with Crippen molar-refractivity contribution in [3.63, 3.8) is 0 Å². The molecule has 0 radical (unpaired) electrons. The molecule has 28 heavy (non-hydrogen) atoms. The van der Waals surface area contributed by atoms with Crippen LogP contribution in [-0.2, 0) is 10.0 Å². The molecule has 0 aliphatic heterocycles. The minimum absolute atomic E-state index is 0.120. The molecule has 0 spiro atoms. The van der Waals surface area contributed by atoms with E-state index in [-0.39, 0.29) is 21.9 Å². The Balaban J connectivity index is 1.79. The van der Waals surface area contributed by atoms with Gasteiger partial charge >= 0.3 is 0 Å². The average Bonchev–Trinajstić information content (AvgIpc) is 2.68. The second-order valence-corrected chi connectivity index (χ2v) is 9.71. The van der Waals surface area contributed by atoms with Crippen molar-refractivity contribution in [3.05, 3.63) is 58.1 Å². The molecule has 0 heterocycles. The number of rotatable bonds is 5. The predicted octanol–water partition coefficient (Wildman–Crippen LogP) is 4.88. The van der Waals surface area contributed by atoms with E-state index in [9.17, 15) is 13.2 Å². The molecule has 1 amide bonds. The van der Waals surface area contributed by atoms with Gasteiger partial charge in [-0.1, -0.05) is 42.5 Å². The van der Waals surface area contributed by atoms with Crippen LogP contribution >= 0.6 is 23.2 Å². The van der Waals surface area contributed by atoms with Gasteiger partial charge in [-0.15, -0.1) is 0 Å². The molecule has 1 N–H and O–H groups in total. The van der Waals surface area contributed by atoms with E-state index in [1.807, 2.05) is 0 Å². The predicted molar refractivity (Wildman–Crippen MR) is 113 cm³/mol. The van der Waals surface area contributed by atoms with Crippen LogP contribution in [0.25, 0.3) is 0 Å². The molecule has 8 heteroatoms. The highest BCUT2D eigenvalue weighted by Gasteiger charge is 2.23. The fourth-order valence-corrected chi connectivity index (χ4v) is 4.87. The van der Waals surface area contributed by atoms with E-state index in [1.165, 1.54) is 43.8 Å². The number of carbonyl (C=O) groups is 1. The minimum Gasteiger partial charge on any atom is -0.349 e. The maximum absolute atomic E-state index is 12.8. The first-order valence-electron chi connectivity index (χ1n) is 9.14. The lowest BCUT2D eigenvalue weighted by molar-refractivity contribution is 0.0928. The molecule has 2 aromatic carbocycles. The smallest absolute Gasteiger partial charge is 0.264 e. The van der Waals surface area contributed by atoms with Crippen LogP contribution in [0, 0.1) is 0 Å². The summed E-state index contributed by atoms with van der Waals surface area (Å²) in [4.78, 5) is 12.6. The summed E-state index contributed by atoms with van der Waals surface area (Å²) in [6.45, 7) is 0. The lowest BCUT2D eigenvalue weighted by Crippen LogP contribution is -2.36. The maximum Gasteiger partial charge on any atom is 0.264 e. The van der Waals surface area contributed by atoms with Crippen LogP contribution in [0.2, 0.25) is 10.0 Å². The van der Waals surface area contributed by atoms with Gasteiger partial charge in [-0.2, -0.15) is 0 Å². The minimum atomic E-state index is -3.77. The average molecular weight is 441 g/mol. The quantitative estimate of drug-likeness (QED) is 0.719. The van der Waals surface area contributed by atoms with Gasteiger partial charge in [0.05, 0.1) is 21.2 Å². The Bertz CT molecular complexity index is 956. The van der Waals surface area contributed by atoms with Crippen LogP contribution in [0.3, 0.4) is 0 Å². The van der Waals surface area contributed by atoms with Crippen molar-refractivity contribution in [1.29, 1.82) is 0 Å². The topological polar surface area (TPSA) is 66.5 Å². The molecule has 0 aromatic heterocycles. The third kappa shape index (κ3) is 4.62. The monoisotopic (exact) mass is 440 g/mol. The van der Waals surface area contributed by atoms with Gasteiger partial charge in [-0.3, -0.25) is 9.10 Å². The van der Waals surface area contributed by atoms with Crippen molar-refractivity contribution in [3.8, 4) is 0 Å². The van der Waals surface area contributed by atoms with E-state index in [4.69, 9.17) is 23.2 Å². The van der Waals surface area contributed by atoms with Crippen molar-refractivity contribution in [2.45, 2.75) is 43.0 Å². The summed E-state index contributed by atoms with van der Waals surface area (Å²) in [7, 11) is -2.32. The van der Waals surface area contributed by atoms with Crippen molar-refractivity contribution >= 4 is 44.8 Å². The van der Waals surface area contributed by atoms with Crippen LogP contribution in [-0.4, -0.2) is 27.4 Å². The number of benzene rings is 2. The van der Waals surface area contributed by atoms with E-state index in [2.05, 4.69) is 5.32 Å². The van der Waals surface area contributed by atoms with Gasteiger partial charge in [0.15, 0.2) is 0 Å². The molecule has 0 unspecified atom stereocenters. The lowest BCUT2D eigenvalue weighted by atomic mass is 9.95. The molecule has 1 aliphatic carbocycles. The van der Waals surface area contributed by atoms with Gasteiger partial charge in [-0.05, 0) is 55.3 Å². The van der Waals surface area contributed by atoms with Gasteiger partial charge in [0, 0.05) is 18.1 Å². The molecule has 5 nitrogen and oxygen atoms in total. The number of hydrogen-bond donors (Lipinski definition) is 1. The third-order valence-electron chi connectivity index (χ3n) is 4.97. The molecule has 1 aliphatic rings. The van der Waals surface area contributed by atoms with Crippen LogP contribution < -0.4 is 9.62 Å². The molecule has 3 rings (SSSR count). The summed E-state index contributed by atoms with van der Waals surface area (Å²) < 4.78 is 26.7. The number of sulfonamides is 1. The van der Waals surface area contributed by atoms with E-state index in [1.54, 1.807) is 12.1 Å². The fourth-order valence-electron chi connectivity index (χ4n) is 3.30. The zero-order valence-electron chi connectivity index (χ0n) is 15.5. The summed E-state index contributed by atoms with van der Waals surface area (Å²) >= 11 is 12.1. The number of amides is 1.